The largest absolute Gasteiger partial charge is 0.464 e. The van der Waals surface area contributed by atoms with E-state index in [2.05, 4.69) is 34.7 Å². The smallest absolute Gasteiger partial charge is 0.323 e. The van der Waals surface area contributed by atoms with Crippen molar-refractivity contribution < 1.29 is 14.0 Å². The molecule has 152 valence electrons. The van der Waals surface area contributed by atoms with Crippen molar-refractivity contribution in [3.63, 3.8) is 0 Å². The minimum Gasteiger partial charge on any atom is -0.464 e. The Balaban J connectivity index is 1.51. The fourth-order valence-corrected chi connectivity index (χ4v) is 3.06. The summed E-state index contributed by atoms with van der Waals surface area (Å²) in [5, 5.41) is 8.49. The number of carbonyl (C=O) groups is 2. The standard InChI is InChI=1S/C22H26N4O3/c1-3-26(4-2)14-13-23-21(27)16-7-9-17(10-8-16)24-22(28)25-19-11-12-20-18(19)6-5-15-29-20/h5-12,15H,3-4,13-14H2,1-2H3,(H,23,27)(H2,24,25,28). The van der Waals surface area contributed by atoms with Crippen molar-refractivity contribution in [2.75, 3.05) is 36.8 Å². The zero-order chi connectivity index (χ0) is 20.6. The number of urea groups is 1. The highest BCUT2D eigenvalue weighted by atomic mass is 16.3. The zero-order valence-corrected chi connectivity index (χ0v) is 16.7. The van der Waals surface area contributed by atoms with Crippen molar-refractivity contribution in [3.8, 4) is 11.3 Å². The third kappa shape index (κ3) is 5.36. The monoisotopic (exact) mass is 394 g/mol. The van der Waals surface area contributed by atoms with Gasteiger partial charge in [-0.25, -0.2) is 4.79 Å². The number of carbonyl (C=O) groups excluding carboxylic acids is 2. The van der Waals surface area contributed by atoms with E-state index in [-0.39, 0.29) is 11.9 Å². The summed E-state index contributed by atoms with van der Waals surface area (Å²) in [6.45, 7) is 7.55. The lowest BCUT2D eigenvalue weighted by atomic mass is 10.2. The van der Waals surface area contributed by atoms with Gasteiger partial charge in [-0.3, -0.25) is 4.79 Å². The molecule has 2 aliphatic rings. The van der Waals surface area contributed by atoms with Crippen molar-refractivity contribution in [1.29, 1.82) is 0 Å². The van der Waals surface area contributed by atoms with Gasteiger partial charge in [-0.1, -0.05) is 13.8 Å². The van der Waals surface area contributed by atoms with Crippen LogP contribution in [0.4, 0.5) is 16.2 Å². The van der Waals surface area contributed by atoms with E-state index in [1.165, 1.54) is 0 Å². The number of hydrogen-bond donors (Lipinski definition) is 3. The highest BCUT2D eigenvalue weighted by Crippen LogP contribution is 2.31. The Morgan fingerprint density at radius 2 is 1.72 bits per heavy atom. The second kappa shape index (κ2) is 9.75. The Bertz CT molecular complexity index is 916. The summed E-state index contributed by atoms with van der Waals surface area (Å²) in [4.78, 5) is 26.7. The van der Waals surface area contributed by atoms with Crippen LogP contribution in [0.1, 0.15) is 24.2 Å². The molecule has 0 spiro atoms. The molecule has 0 radical (unpaired) electrons. The Kier molecular flexibility index (Phi) is 6.86. The van der Waals surface area contributed by atoms with Gasteiger partial charge >= 0.3 is 6.03 Å². The summed E-state index contributed by atoms with van der Waals surface area (Å²) in [7, 11) is 0. The predicted octanol–water partition coefficient (Wildman–Crippen LogP) is 4.10. The number of anilines is 2. The van der Waals surface area contributed by atoms with Crippen molar-refractivity contribution >= 4 is 23.3 Å². The van der Waals surface area contributed by atoms with E-state index in [1.54, 1.807) is 48.7 Å². The molecule has 1 aliphatic carbocycles. The fraction of sp³-hybridized carbons (Fsp3) is 0.273. The molecule has 29 heavy (non-hydrogen) atoms. The van der Waals surface area contributed by atoms with Crippen LogP contribution in [0, 0.1) is 0 Å². The molecule has 0 saturated heterocycles. The summed E-state index contributed by atoms with van der Waals surface area (Å²) in [5.41, 5.74) is 2.66. The molecule has 7 nitrogen and oxygen atoms in total. The molecule has 0 unspecified atom stereocenters. The van der Waals surface area contributed by atoms with E-state index in [1.807, 2.05) is 6.07 Å². The molecule has 3 rings (SSSR count). The highest BCUT2D eigenvalue weighted by molar-refractivity contribution is 6.03. The normalized spacial score (nSPS) is 10.9. The molecule has 0 fully saturated rings. The predicted molar refractivity (Wildman–Crippen MR) is 115 cm³/mol. The molecule has 0 saturated carbocycles. The number of nitrogens with one attached hydrogen (secondary N) is 3. The van der Waals surface area contributed by atoms with Gasteiger partial charge in [0.1, 0.15) is 5.76 Å². The number of benzene rings is 1. The first kappa shape index (κ1) is 20.4. The van der Waals surface area contributed by atoms with Crippen LogP contribution in [0.2, 0.25) is 0 Å². The molecular weight excluding hydrogens is 368 g/mol. The summed E-state index contributed by atoms with van der Waals surface area (Å²) < 4.78 is 5.37. The Hall–Kier alpha value is -3.32. The first-order valence-electron chi connectivity index (χ1n) is 9.75. The average Bonchev–Trinajstić information content (AvgIpc) is 3.14. The topological polar surface area (TPSA) is 86.6 Å². The van der Waals surface area contributed by atoms with Gasteiger partial charge < -0.3 is 25.3 Å². The van der Waals surface area contributed by atoms with Crippen LogP contribution in [0.5, 0.6) is 0 Å². The van der Waals surface area contributed by atoms with Crippen LogP contribution < -0.4 is 16.0 Å². The van der Waals surface area contributed by atoms with E-state index in [9.17, 15) is 9.59 Å². The summed E-state index contributed by atoms with van der Waals surface area (Å²) in [5.74, 6) is 0.583. The molecule has 0 aromatic heterocycles. The first-order valence-corrected chi connectivity index (χ1v) is 9.75. The van der Waals surface area contributed by atoms with Gasteiger partial charge in [0.25, 0.3) is 5.91 Å². The lowest BCUT2D eigenvalue weighted by molar-refractivity contribution is 0.0949. The van der Waals surface area contributed by atoms with Crippen molar-refractivity contribution in [2.45, 2.75) is 13.8 Å². The maximum atomic E-state index is 12.3. The van der Waals surface area contributed by atoms with Crippen molar-refractivity contribution in [3.05, 3.63) is 60.4 Å². The van der Waals surface area contributed by atoms with Crippen molar-refractivity contribution in [2.24, 2.45) is 0 Å². The van der Waals surface area contributed by atoms with E-state index in [0.717, 1.165) is 25.2 Å². The Morgan fingerprint density at radius 3 is 2.45 bits per heavy atom. The number of hydrogen-bond acceptors (Lipinski definition) is 4. The van der Waals surface area contributed by atoms with Crippen LogP contribution >= 0.6 is 0 Å². The molecule has 1 heterocycles. The third-order valence-corrected chi connectivity index (χ3v) is 4.75. The second-order valence-electron chi connectivity index (χ2n) is 6.58. The number of likely N-dealkylation sites (N-methyl/N-ethyl adjacent to an activating group) is 1. The average molecular weight is 394 g/mol. The Labute approximate surface area is 170 Å². The van der Waals surface area contributed by atoms with Crippen LogP contribution in [0.15, 0.2) is 59.2 Å². The second-order valence-corrected chi connectivity index (χ2v) is 6.58. The van der Waals surface area contributed by atoms with Gasteiger partial charge in [-0.2, -0.15) is 0 Å². The third-order valence-electron chi connectivity index (χ3n) is 4.75. The van der Waals surface area contributed by atoms with Crippen LogP contribution in [0.3, 0.4) is 0 Å². The van der Waals surface area contributed by atoms with Gasteiger partial charge in [0.05, 0.1) is 12.0 Å². The molecule has 1 aliphatic heterocycles. The van der Waals surface area contributed by atoms with E-state index < -0.39 is 0 Å². The van der Waals surface area contributed by atoms with Gasteiger partial charge in [0.2, 0.25) is 0 Å². The van der Waals surface area contributed by atoms with Gasteiger partial charge in [0.15, 0.2) is 0 Å². The molecule has 0 bridgehead atoms. The quantitative estimate of drug-likeness (QED) is 0.537. The highest BCUT2D eigenvalue weighted by Gasteiger charge is 2.13. The maximum absolute atomic E-state index is 12.3. The molecule has 7 heteroatoms. The number of nitrogens with zero attached hydrogens (tertiary/aromatic N) is 1. The van der Waals surface area contributed by atoms with Crippen molar-refractivity contribution in [1.82, 2.24) is 10.2 Å². The minimum atomic E-state index is -0.363. The molecular formula is C22H26N4O3. The van der Waals surface area contributed by atoms with E-state index >= 15 is 0 Å². The molecule has 3 amide bonds. The SMILES string of the molecule is CCN(CC)CCNC(=O)c1ccc(NC(=O)Nc2ccc3occcc2-3)cc1. The van der Waals surface area contributed by atoms with E-state index in [0.29, 0.717) is 29.2 Å². The van der Waals surface area contributed by atoms with Crippen LogP contribution in [-0.4, -0.2) is 43.0 Å². The summed E-state index contributed by atoms with van der Waals surface area (Å²) >= 11 is 0. The number of rotatable bonds is 8. The molecule has 1 aromatic rings. The number of fused-ring (bicyclic) bond motifs is 1. The number of amides is 3. The fourth-order valence-electron chi connectivity index (χ4n) is 3.06. The maximum Gasteiger partial charge on any atom is 0.323 e. The van der Waals surface area contributed by atoms with E-state index in [4.69, 9.17) is 4.42 Å². The van der Waals surface area contributed by atoms with Gasteiger partial charge in [0, 0.05) is 29.9 Å². The lowest BCUT2D eigenvalue weighted by Gasteiger charge is -2.18. The van der Waals surface area contributed by atoms with Crippen LogP contribution in [0.25, 0.3) is 11.3 Å². The van der Waals surface area contributed by atoms with Gasteiger partial charge in [-0.05, 0) is 61.6 Å². The molecule has 3 N–H and O–H groups in total. The molecule has 0 atom stereocenters. The van der Waals surface area contributed by atoms with Gasteiger partial charge in [-0.15, -0.1) is 0 Å². The van der Waals surface area contributed by atoms with Crippen LogP contribution in [-0.2, 0) is 0 Å². The lowest BCUT2D eigenvalue weighted by Crippen LogP contribution is -2.34. The summed E-state index contributed by atoms with van der Waals surface area (Å²) in [6.07, 6.45) is 1.59. The zero-order valence-electron chi connectivity index (χ0n) is 16.7. The Morgan fingerprint density at radius 1 is 0.966 bits per heavy atom. The first-order chi connectivity index (χ1) is 14.1. The molecule has 1 aromatic carbocycles. The summed E-state index contributed by atoms with van der Waals surface area (Å²) in [6, 6.07) is 13.7. The minimum absolute atomic E-state index is 0.125.